The number of nitriles is 1. The number of nitrogens with zero attached hydrogens (tertiary/aromatic N) is 3. The van der Waals surface area contributed by atoms with Gasteiger partial charge in [-0.25, -0.2) is 4.98 Å². The number of anilines is 1. The summed E-state index contributed by atoms with van der Waals surface area (Å²) in [5, 5.41) is 12.8. The lowest BCUT2D eigenvalue weighted by Gasteiger charge is -2.42. The van der Waals surface area contributed by atoms with Gasteiger partial charge in [0.15, 0.2) is 11.3 Å². The Balaban J connectivity index is 1.49. The van der Waals surface area contributed by atoms with Gasteiger partial charge in [-0.1, -0.05) is 42.2 Å². The molecule has 1 aromatic heterocycles. The largest absolute Gasteiger partial charge is 0.321 e. The fourth-order valence-corrected chi connectivity index (χ4v) is 6.04. The minimum Gasteiger partial charge on any atom is -0.321 e. The van der Waals surface area contributed by atoms with E-state index in [0.29, 0.717) is 17.6 Å². The Morgan fingerprint density at radius 2 is 2.08 bits per heavy atom. The number of amides is 1. The highest BCUT2D eigenvalue weighted by Crippen LogP contribution is 2.51. The Morgan fingerprint density at radius 1 is 1.33 bits per heavy atom. The van der Waals surface area contributed by atoms with Gasteiger partial charge in [0.1, 0.15) is 5.15 Å². The number of thiazole rings is 1. The molecule has 5 nitrogen and oxygen atoms in total. The summed E-state index contributed by atoms with van der Waals surface area (Å²) in [7, 11) is 0. The molecule has 1 amide bonds. The predicted molar refractivity (Wildman–Crippen MR) is 94.1 cm³/mol. The first-order valence-corrected chi connectivity index (χ1v) is 9.95. The Hall–Kier alpha value is -1.32. The summed E-state index contributed by atoms with van der Waals surface area (Å²) in [6.07, 6.45) is 10.5. The normalized spacial score (nSPS) is 30.4. The van der Waals surface area contributed by atoms with Crippen LogP contribution in [0.15, 0.2) is 0 Å². The molecule has 128 valence electrons. The van der Waals surface area contributed by atoms with Gasteiger partial charge in [0.2, 0.25) is 5.91 Å². The summed E-state index contributed by atoms with van der Waals surface area (Å²) in [6, 6.07) is 0.150. The van der Waals surface area contributed by atoms with Gasteiger partial charge in [-0.2, -0.15) is 5.26 Å². The van der Waals surface area contributed by atoms with Crippen molar-refractivity contribution in [2.75, 3.05) is 11.4 Å². The highest BCUT2D eigenvalue weighted by Gasteiger charge is 2.56. The highest BCUT2D eigenvalue weighted by atomic mass is 35.5. The van der Waals surface area contributed by atoms with Crippen LogP contribution in [0.3, 0.4) is 0 Å². The van der Waals surface area contributed by atoms with Crippen LogP contribution >= 0.6 is 22.9 Å². The summed E-state index contributed by atoms with van der Waals surface area (Å²) in [6.45, 7) is 0.714. The van der Waals surface area contributed by atoms with E-state index < -0.39 is 0 Å². The number of nitrogens with one attached hydrogen (secondary N) is 1. The number of halogens is 1. The molecule has 2 aliphatic carbocycles. The quantitative estimate of drug-likeness (QED) is 0.654. The van der Waals surface area contributed by atoms with Crippen molar-refractivity contribution >= 4 is 34.0 Å². The molecular formula is C17H21ClN4OS. The van der Waals surface area contributed by atoms with Crippen molar-refractivity contribution in [1.82, 2.24) is 10.3 Å². The molecule has 2 saturated carbocycles. The van der Waals surface area contributed by atoms with E-state index in [9.17, 15) is 4.79 Å². The zero-order valence-corrected chi connectivity index (χ0v) is 15.1. The molecule has 1 saturated heterocycles. The topological polar surface area (TPSA) is 69.0 Å². The first-order chi connectivity index (χ1) is 11.6. The maximum Gasteiger partial charge on any atom is 0.235 e. The third-order valence-electron chi connectivity index (χ3n) is 5.86. The van der Waals surface area contributed by atoms with Crippen LogP contribution in [0.5, 0.6) is 0 Å². The van der Waals surface area contributed by atoms with Gasteiger partial charge < -0.3 is 5.32 Å². The predicted octanol–water partition coefficient (Wildman–Crippen LogP) is 3.80. The summed E-state index contributed by atoms with van der Waals surface area (Å²) in [5.41, 5.74) is -0.280. The van der Waals surface area contributed by atoms with E-state index in [1.165, 1.54) is 32.1 Å². The minimum absolute atomic E-state index is 0.150. The highest BCUT2D eigenvalue weighted by molar-refractivity contribution is 7.16. The first kappa shape index (κ1) is 16.2. The zero-order valence-electron chi connectivity index (χ0n) is 13.6. The standard InChI is InChI=1S/C17H21ClN4OS/c18-14-13(11-4-2-1-3-5-11)24-16(21-14)22-7-6-17(15(22)23)8-12(9-17)20-10-19/h11-12,20H,1-9H2. The second-order valence-electron chi connectivity index (χ2n) is 7.33. The fraction of sp³-hybridized carbons (Fsp3) is 0.706. The number of carbonyl (C=O) groups is 1. The Labute approximate surface area is 151 Å². The van der Waals surface area contributed by atoms with Gasteiger partial charge in [-0.15, -0.1) is 0 Å². The van der Waals surface area contributed by atoms with Crippen LogP contribution in [0.4, 0.5) is 5.13 Å². The molecule has 24 heavy (non-hydrogen) atoms. The molecule has 0 atom stereocenters. The molecule has 0 bridgehead atoms. The van der Waals surface area contributed by atoms with E-state index in [1.807, 2.05) is 11.1 Å². The molecule has 1 N–H and O–H groups in total. The Kier molecular flexibility index (Phi) is 4.17. The molecule has 0 radical (unpaired) electrons. The van der Waals surface area contributed by atoms with E-state index in [2.05, 4.69) is 10.3 Å². The number of aromatic nitrogens is 1. The average Bonchev–Trinajstić information content (AvgIpc) is 3.09. The molecule has 2 heterocycles. The van der Waals surface area contributed by atoms with E-state index in [0.717, 1.165) is 29.3 Å². The smallest absolute Gasteiger partial charge is 0.235 e. The van der Waals surface area contributed by atoms with Crippen molar-refractivity contribution in [3.05, 3.63) is 10.0 Å². The first-order valence-electron chi connectivity index (χ1n) is 8.76. The summed E-state index contributed by atoms with van der Waals surface area (Å²) in [4.78, 5) is 20.4. The van der Waals surface area contributed by atoms with Gasteiger partial charge in [0, 0.05) is 17.5 Å². The van der Waals surface area contributed by atoms with Gasteiger partial charge in [-0.3, -0.25) is 9.69 Å². The van der Waals surface area contributed by atoms with Crippen LogP contribution < -0.4 is 10.2 Å². The van der Waals surface area contributed by atoms with Gasteiger partial charge >= 0.3 is 0 Å². The molecular weight excluding hydrogens is 344 g/mol. The Morgan fingerprint density at radius 3 is 2.79 bits per heavy atom. The van der Waals surface area contributed by atoms with Crippen LogP contribution in [0.1, 0.15) is 62.2 Å². The van der Waals surface area contributed by atoms with E-state index in [4.69, 9.17) is 16.9 Å². The molecule has 0 unspecified atom stereocenters. The molecule has 1 aromatic rings. The van der Waals surface area contributed by atoms with E-state index in [1.54, 1.807) is 11.3 Å². The van der Waals surface area contributed by atoms with E-state index in [-0.39, 0.29) is 17.4 Å². The van der Waals surface area contributed by atoms with Crippen LogP contribution in [0, 0.1) is 16.9 Å². The number of carbonyl (C=O) groups excluding carboxylic acids is 1. The van der Waals surface area contributed by atoms with Crippen LogP contribution in [0.25, 0.3) is 0 Å². The van der Waals surface area contributed by atoms with Gasteiger partial charge in [-0.05, 0) is 38.0 Å². The van der Waals surface area contributed by atoms with Gasteiger partial charge in [0.05, 0.1) is 5.41 Å². The van der Waals surface area contributed by atoms with E-state index >= 15 is 0 Å². The second kappa shape index (κ2) is 6.20. The molecule has 1 aliphatic heterocycles. The van der Waals surface area contributed by atoms with Crippen molar-refractivity contribution in [2.45, 2.75) is 63.3 Å². The minimum atomic E-state index is -0.280. The summed E-state index contributed by atoms with van der Waals surface area (Å²) < 4.78 is 0. The van der Waals surface area contributed by atoms with Crippen molar-refractivity contribution in [3.63, 3.8) is 0 Å². The van der Waals surface area contributed by atoms with Crippen molar-refractivity contribution in [2.24, 2.45) is 5.41 Å². The van der Waals surface area contributed by atoms with Crippen LogP contribution in [-0.4, -0.2) is 23.5 Å². The van der Waals surface area contributed by atoms with Crippen molar-refractivity contribution in [1.29, 1.82) is 5.26 Å². The van der Waals surface area contributed by atoms with Crippen LogP contribution in [0.2, 0.25) is 5.15 Å². The molecule has 0 aromatic carbocycles. The lowest BCUT2D eigenvalue weighted by molar-refractivity contribution is -0.130. The number of rotatable bonds is 3. The third-order valence-corrected chi connectivity index (χ3v) is 7.50. The second-order valence-corrected chi connectivity index (χ2v) is 8.70. The molecule has 4 rings (SSSR count). The summed E-state index contributed by atoms with van der Waals surface area (Å²) in [5.74, 6) is 0.677. The number of hydrogen-bond donors (Lipinski definition) is 1. The fourth-order valence-electron chi connectivity index (χ4n) is 4.49. The third kappa shape index (κ3) is 2.58. The average molecular weight is 365 g/mol. The molecule has 7 heteroatoms. The SMILES string of the molecule is N#CNC1CC2(CCN(c3nc(Cl)c(C4CCCCC4)s3)C2=O)C1. The maximum absolute atomic E-state index is 12.9. The van der Waals surface area contributed by atoms with Crippen molar-refractivity contribution < 1.29 is 4.79 Å². The van der Waals surface area contributed by atoms with Crippen molar-refractivity contribution in [3.8, 4) is 6.19 Å². The molecule has 1 spiro atoms. The summed E-state index contributed by atoms with van der Waals surface area (Å²) >= 11 is 8.01. The molecule has 3 aliphatic rings. The van der Waals surface area contributed by atoms with Crippen LogP contribution in [-0.2, 0) is 4.79 Å². The monoisotopic (exact) mass is 364 g/mol. The number of hydrogen-bond acceptors (Lipinski definition) is 5. The van der Waals surface area contributed by atoms with Gasteiger partial charge in [0.25, 0.3) is 0 Å². The molecule has 3 fully saturated rings. The lowest BCUT2D eigenvalue weighted by Crippen LogP contribution is -2.51. The lowest BCUT2D eigenvalue weighted by atomic mass is 9.64. The zero-order chi connectivity index (χ0) is 16.7. The maximum atomic E-state index is 12.9. The Bertz CT molecular complexity index is 685.